The number of hydrogen-bond acceptors (Lipinski definition) is 2. The lowest BCUT2D eigenvalue weighted by Gasteiger charge is -2.02. The van der Waals surface area contributed by atoms with Gasteiger partial charge in [0.05, 0.1) is 11.1 Å². The van der Waals surface area contributed by atoms with Crippen molar-refractivity contribution >= 4 is 21.6 Å². The van der Waals surface area contributed by atoms with Gasteiger partial charge < -0.3 is 10.8 Å². The lowest BCUT2D eigenvalue weighted by atomic mass is 10.2. The Kier molecular flexibility index (Phi) is 2.46. The van der Waals surface area contributed by atoms with Crippen LogP contribution in [0.15, 0.2) is 16.6 Å². The van der Waals surface area contributed by atoms with Gasteiger partial charge >= 0.3 is 0 Å². The first-order chi connectivity index (χ1) is 5.15. The first-order valence-electron chi connectivity index (χ1n) is 2.99. The van der Waals surface area contributed by atoms with Crippen LogP contribution in [0.5, 0.6) is 0 Å². The molecule has 1 aromatic carbocycles. The fourth-order valence-corrected chi connectivity index (χ4v) is 1.14. The minimum absolute atomic E-state index is 0.220. The van der Waals surface area contributed by atoms with Crippen LogP contribution < -0.4 is 5.73 Å². The van der Waals surface area contributed by atoms with Crippen LogP contribution in [0.25, 0.3) is 0 Å². The molecule has 2 nitrogen and oxygen atoms in total. The maximum Gasteiger partial charge on any atom is 0.139 e. The standard InChI is InChI=1S/C7H7BrFNO/c8-7-4(3-11)1-5(10)2-6(7)9/h1-2,11H,3,10H2. The highest BCUT2D eigenvalue weighted by atomic mass is 79.9. The van der Waals surface area contributed by atoms with Gasteiger partial charge in [-0.2, -0.15) is 0 Å². The highest BCUT2D eigenvalue weighted by Gasteiger charge is 2.05. The SMILES string of the molecule is Nc1cc(F)c(Br)c(CO)c1. The van der Waals surface area contributed by atoms with E-state index in [0.29, 0.717) is 11.3 Å². The van der Waals surface area contributed by atoms with Crippen molar-refractivity contribution in [3.8, 4) is 0 Å². The Bertz CT molecular complexity index is 277. The Hall–Kier alpha value is -0.610. The molecule has 0 heterocycles. The Morgan fingerprint density at radius 1 is 1.55 bits per heavy atom. The van der Waals surface area contributed by atoms with E-state index in [1.54, 1.807) is 0 Å². The molecular weight excluding hydrogens is 213 g/mol. The van der Waals surface area contributed by atoms with Crippen LogP contribution in [0.4, 0.5) is 10.1 Å². The molecule has 1 rings (SSSR count). The summed E-state index contributed by atoms with van der Waals surface area (Å²) in [4.78, 5) is 0. The quantitative estimate of drug-likeness (QED) is 0.707. The van der Waals surface area contributed by atoms with Gasteiger partial charge in [-0.15, -0.1) is 0 Å². The molecule has 11 heavy (non-hydrogen) atoms. The highest BCUT2D eigenvalue weighted by molar-refractivity contribution is 9.10. The Labute approximate surface area is 72.0 Å². The smallest absolute Gasteiger partial charge is 0.139 e. The van der Waals surface area contributed by atoms with E-state index in [2.05, 4.69) is 15.9 Å². The normalized spacial score (nSPS) is 10.1. The van der Waals surface area contributed by atoms with E-state index in [9.17, 15) is 4.39 Å². The molecule has 1 aromatic rings. The van der Waals surface area contributed by atoms with E-state index in [4.69, 9.17) is 10.8 Å². The third-order valence-electron chi connectivity index (χ3n) is 1.30. The van der Waals surface area contributed by atoms with E-state index >= 15 is 0 Å². The van der Waals surface area contributed by atoms with Crippen LogP contribution in [0, 0.1) is 5.82 Å². The van der Waals surface area contributed by atoms with Crippen molar-refractivity contribution in [3.05, 3.63) is 28.0 Å². The van der Waals surface area contributed by atoms with Gasteiger partial charge in [0.15, 0.2) is 0 Å². The highest BCUT2D eigenvalue weighted by Crippen LogP contribution is 2.23. The monoisotopic (exact) mass is 219 g/mol. The molecule has 60 valence electrons. The number of hydrogen-bond donors (Lipinski definition) is 2. The van der Waals surface area contributed by atoms with Gasteiger partial charge in [-0.05, 0) is 33.6 Å². The number of halogens is 2. The van der Waals surface area contributed by atoms with Crippen molar-refractivity contribution in [2.24, 2.45) is 0 Å². The van der Waals surface area contributed by atoms with Crippen LogP contribution >= 0.6 is 15.9 Å². The first kappa shape index (κ1) is 8.49. The third kappa shape index (κ3) is 1.70. The average Bonchev–Trinajstić information content (AvgIpc) is 1.96. The van der Waals surface area contributed by atoms with Crippen LogP contribution in [0.3, 0.4) is 0 Å². The molecule has 4 heteroatoms. The Morgan fingerprint density at radius 3 is 2.73 bits per heavy atom. The number of benzene rings is 1. The molecule has 0 amide bonds. The lowest BCUT2D eigenvalue weighted by Crippen LogP contribution is -1.93. The molecule has 0 radical (unpaired) electrons. The second kappa shape index (κ2) is 3.19. The van der Waals surface area contributed by atoms with Crippen LogP contribution in [0.2, 0.25) is 0 Å². The summed E-state index contributed by atoms with van der Waals surface area (Å²) >= 11 is 2.98. The summed E-state index contributed by atoms with van der Waals surface area (Å²) in [5.41, 5.74) is 6.11. The maximum atomic E-state index is 12.8. The molecule has 0 atom stereocenters. The number of nitrogen functional groups attached to an aromatic ring is 1. The molecular formula is C7H7BrFNO. The lowest BCUT2D eigenvalue weighted by molar-refractivity contribution is 0.280. The fraction of sp³-hybridized carbons (Fsp3) is 0.143. The van der Waals surface area contributed by atoms with Crippen molar-refractivity contribution < 1.29 is 9.50 Å². The summed E-state index contributed by atoms with van der Waals surface area (Å²) < 4.78 is 13.1. The molecule has 0 aromatic heterocycles. The van der Waals surface area contributed by atoms with Crippen molar-refractivity contribution in [1.29, 1.82) is 0 Å². The van der Waals surface area contributed by atoms with Gasteiger partial charge in [0.2, 0.25) is 0 Å². The topological polar surface area (TPSA) is 46.2 Å². The molecule has 0 aliphatic rings. The Morgan fingerprint density at radius 2 is 2.18 bits per heavy atom. The van der Waals surface area contributed by atoms with Gasteiger partial charge in [-0.1, -0.05) is 0 Å². The average molecular weight is 220 g/mol. The summed E-state index contributed by atoms with van der Waals surface area (Å²) in [7, 11) is 0. The van der Waals surface area contributed by atoms with Crippen LogP contribution in [-0.4, -0.2) is 5.11 Å². The number of anilines is 1. The molecule has 0 bridgehead atoms. The second-order valence-corrected chi connectivity index (χ2v) is 2.93. The van der Waals surface area contributed by atoms with Crippen molar-refractivity contribution in [1.82, 2.24) is 0 Å². The molecule has 0 aliphatic heterocycles. The molecule has 3 N–H and O–H groups in total. The molecule has 0 unspecified atom stereocenters. The zero-order valence-electron chi connectivity index (χ0n) is 5.64. The maximum absolute atomic E-state index is 12.8. The Balaban J connectivity index is 3.24. The van der Waals surface area contributed by atoms with E-state index < -0.39 is 5.82 Å². The number of rotatable bonds is 1. The fourth-order valence-electron chi connectivity index (χ4n) is 0.784. The summed E-state index contributed by atoms with van der Waals surface area (Å²) in [5.74, 6) is -0.450. The second-order valence-electron chi connectivity index (χ2n) is 2.13. The molecule has 0 saturated heterocycles. The number of aliphatic hydroxyl groups excluding tert-OH is 1. The predicted molar refractivity (Wildman–Crippen MR) is 44.4 cm³/mol. The van der Waals surface area contributed by atoms with E-state index in [0.717, 1.165) is 0 Å². The van der Waals surface area contributed by atoms with E-state index in [-0.39, 0.29) is 11.1 Å². The van der Waals surface area contributed by atoms with E-state index in [1.165, 1.54) is 12.1 Å². The molecule has 0 saturated carbocycles. The zero-order chi connectivity index (χ0) is 8.43. The van der Waals surface area contributed by atoms with Crippen molar-refractivity contribution in [2.45, 2.75) is 6.61 Å². The summed E-state index contributed by atoms with van der Waals surface area (Å²) in [6.45, 7) is -0.220. The van der Waals surface area contributed by atoms with Crippen LogP contribution in [0.1, 0.15) is 5.56 Å². The summed E-state index contributed by atoms with van der Waals surface area (Å²) in [6, 6.07) is 2.72. The van der Waals surface area contributed by atoms with Crippen molar-refractivity contribution in [2.75, 3.05) is 5.73 Å². The molecule has 0 aliphatic carbocycles. The largest absolute Gasteiger partial charge is 0.399 e. The van der Waals surface area contributed by atoms with E-state index in [1.807, 2.05) is 0 Å². The van der Waals surface area contributed by atoms with Crippen molar-refractivity contribution in [3.63, 3.8) is 0 Å². The number of aliphatic hydroxyl groups is 1. The van der Waals surface area contributed by atoms with Gasteiger partial charge in [-0.3, -0.25) is 0 Å². The minimum atomic E-state index is -0.450. The summed E-state index contributed by atoms with van der Waals surface area (Å²) in [5, 5.41) is 8.72. The predicted octanol–water partition coefficient (Wildman–Crippen LogP) is 1.66. The first-order valence-corrected chi connectivity index (χ1v) is 3.78. The van der Waals surface area contributed by atoms with Gasteiger partial charge in [-0.25, -0.2) is 4.39 Å². The van der Waals surface area contributed by atoms with Crippen LogP contribution in [-0.2, 0) is 6.61 Å². The molecule has 0 fully saturated rings. The zero-order valence-corrected chi connectivity index (χ0v) is 7.23. The van der Waals surface area contributed by atoms with Gasteiger partial charge in [0.1, 0.15) is 5.82 Å². The minimum Gasteiger partial charge on any atom is -0.399 e. The molecule has 0 spiro atoms. The third-order valence-corrected chi connectivity index (χ3v) is 2.18. The van der Waals surface area contributed by atoms with Gasteiger partial charge in [0.25, 0.3) is 0 Å². The summed E-state index contributed by atoms with van der Waals surface area (Å²) in [6.07, 6.45) is 0. The number of nitrogens with two attached hydrogens (primary N) is 1. The van der Waals surface area contributed by atoms with Gasteiger partial charge in [0, 0.05) is 5.69 Å².